The van der Waals surface area contributed by atoms with E-state index in [1.54, 1.807) is 6.07 Å². The number of hydrogen-bond acceptors (Lipinski definition) is 5. The Morgan fingerprint density at radius 3 is 2.06 bits per heavy atom. The normalized spacial score (nSPS) is 15.3. The third-order valence-electron chi connectivity index (χ3n) is 4.25. The molecule has 13 heteroatoms. The first-order valence-corrected chi connectivity index (χ1v) is 10.7. The van der Waals surface area contributed by atoms with E-state index in [-0.39, 0.29) is 5.56 Å². The summed E-state index contributed by atoms with van der Waals surface area (Å²) in [7, 11) is -4.51. The van der Waals surface area contributed by atoms with Crippen molar-refractivity contribution in [3.05, 3.63) is 71.5 Å². The predicted octanol–water partition coefficient (Wildman–Crippen LogP) is 3.05. The van der Waals surface area contributed by atoms with Gasteiger partial charge in [-0.15, -0.1) is 0 Å². The van der Waals surface area contributed by atoms with Gasteiger partial charge in [0.05, 0.1) is 5.75 Å². The summed E-state index contributed by atoms with van der Waals surface area (Å²) in [6, 6.07) is 7.11. The monoisotopic (exact) mass is 484 g/mol. The van der Waals surface area contributed by atoms with Crippen molar-refractivity contribution in [2.75, 3.05) is 5.75 Å². The van der Waals surface area contributed by atoms with Crippen molar-refractivity contribution in [2.24, 2.45) is 5.73 Å². The molecule has 0 aliphatic heterocycles. The second-order valence-corrected chi connectivity index (χ2v) is 8.82. The molecule has 0 aliphatic rings. The number of primary amides is 1. The minimum absolute atomic E-state index is 0.189. The summed E-state index contributed by atoms with van der Waals surface area (Å²) >= 11 is 0. The van der Waals surface area contributed by atoms with Crippen LogP contribution in [-0.2, 0) is 25.1 Å². The van der Waals surface area contributed by atoms with Crippen LogP contribution >= 0.6 is 0 Å². The molecule has 0 spiro atoms. The summed E-state index contributed by atoms with van der Waals surface area (Å²) in [6.07, 6.45) is -5.23. The summed E-state index contributed by atoms with van der Waals surface area (Å²) < 4.78 is 110. The third kappa shape index (κ3) is 6.93. The molecule has 0 radical (unpaired) electrons. The molecule has 0 aliphatic carbocycles. The van der Waals surface area contributed by atoms with E-state index in [9.17, 15) is 39.6 Å². The van der Waals surface area contributed by atoms with E-state index in [0.717, 1.165) is 0 Å². The van der Waals surface area contributed by atoms with Gasteiger partial charge in [0.1, 0.15) is 17.6 Å². The minimum atomic E-state index is -5.23. The number of carbonyl (C=O) groups excluding carboxylic acids is 1. The Labute approximate surface area is 179 Å². The summed E-state index contributed by atoms with van der Waals surface area (Å²) in [5, 5.41) is 1.51. The standard InChI is InChI=1S/C19H18F6N2O4S/c20-14-8-6-13(7-9-14)15(19(23,24)25)27-18(16(26)28,31-17(21)22)11-32(29,30)10-12-4-2-1-3-5-12/h1-9,15,17,27H,10-11H2,(H2,26,28)/t15?,18-/m0/s1. The lowest BCUT2D eigenvalue weighted by Crippen LogP contribution is -2.64. The van der Waals surface area contributed by atoms with Gasteiger partial charge < -0.3 is 5.73 Å². The average Bonchev–Trinajstić information content (AvgIpc) is 2.65. The van der Waals surface area contributed by atoms with Gasteiger partial charge in [-0.2, -0.15) is 22.0 Å². The molecule has 2 atom stereocenters. The number of nitrogens with two attached hydrogens (primary N) is 1. The summed E-state index contributed by atoms with van der Waals surface area (Å²) in [5.74, 6) is -5.21. The predicted molar refractivity (Wildman–Crippen MR) is 101 cm³/mol. The molecule has 0 fully saturated rings. The van der Waals surface area contributed by atoms with Gasteiger partial charge in [0.15, 0.2) is 9.84 Å². The summed E-state index contributed by atoms with van der Waals surface area (Å²) in [4.78, 5) is 12.0. The lowest BCUT2D eigenvalue weighted by molar-refractivity contribution is -0.230. The van der Waals surface area contributed by atoms with Gasteiger partial charge in [0.2, 0.25) is 5.72 Å². The zero-order valence-corrected chi connectivity index (χ0v) is 17.0. The van der Waals surface area contributed by atoms with Crippen LogP contribution in [0.4, 0.5) is 26.3 Å². The van der Waals surface area contributed by atoms with Crippen molar-refractivity contribution in [2.45, 2.75) is 30.3 Å². The average molecular weight is 484 g/mol. The first-order chi connectivity index (χ1) is 14.7. The highest BCUT2D eigenvalue weighted by Crippen LogP contribution is 2.35. The number of sulfone groups is 1. The van der Waals surface area contributed by atoms with Crippen LogP contribution < -0.4 is 11.1 Å². The van der Waals surface area contributed by atoms with Gasteiger partial charge in [0, 0.05) is 0 Å². The van der Waals surface area contributed by atoms with Crippen molar-refractivity contribution in [1.82, 2.24) is 5.32 Å². The van der Waals surface area contributed by atoms with Gasteiger partial charge in [-0.05, 0) is 23.3 Å². The number of halogens is 6. The van der Waals surface area contributed by atoms with Crippen molar-refractivity contribution in [3.63, 3.8) is 0 Å². The van der Waals surface area contributed by atoms with Crippen LogP contribution in [0.3, 0.4) is 0 Å². The second kappa shape index (κ2) is 9.88. The number of hydrogen-bond donors (Lipinski definition) is 2. The van der Waals surface area contributed by atoms with Crippen LogP contribution in [0, 0.1) is 5.82 Å². The van der Waals surface area contributed by atoms with E-state index >= 15 is 0 Å². The van der Waals surface area contributed by atoms with Crippen LogP contribution in [0.25, 0.3) is 0 Å². The van der Waals surface area contributed by atoms with Gasteiger partial charge >= 0.3 is 12.8 Å². The molecular formula is C19H18F6N2O4S. The van der Waals surface area contributed by atoms with E-state index < -0.39 is 63.2 Å². The third-order valence-corrected chi connectivity index (χ3v) is 5.87. The van der Waals surface area contributed by atoms with Gasteiger partial charge in [-0.3, -0.25) is 14.8 Å². The highest BCUT2D eigenvalue weighted by atomic mass is 32.2. The fraction of sp³-hybridized carbons (Fsp3) is 0.316. The van der Waals surface area contributed by atoms with E-state index in [1.807, 2.05) is 0 Å². The quantitative estimate of drug-likeness (QED) is 0.399. The highest BCUT2D eigenvalue weighted by molar-refractivity contribution is 7.90. The Balaban J connectivity index is 2.50. The van der Waals surface area contributed by atoms with Crippen LogP contribution in [0.2, 0.25) is 0 Å². The molecule has 0 heterocycles. The van der Waals surface area contributed by atoms with Crippen molar-refractivity contribution in [1.29, 1.82) is 0 Å². The maximum atomic E-state index is 13.7. The first kappa shape index (κ1) is 25.6. The molecule has 0 saturated heterocycles. The van der Waals surface area contributed by atoms with Crippen LogP contribution in [0.5, 0.6) is 0 Å². The molecule has 0 aromatic heterocycles. The van der Waals surface area contributed by atoms with Crippen LogP contribution in [0.15, 0.2) is 54.6 Å². The molecule has 1 unspecified atom stereocenters. The Kier molecular flexibility index (Phi) is 7.91. The maximum absolute atomic E-state index is 13.7. The van der Waals surface area contributed by atoms with Crippen molar-refractivity contribution >= 4 is 15.7 Å². The molecule has 176 valence electrons. The molecule has 6 nitrogen and oxygen atoms in total. The Bertz CT molecular complexity index is 1020. The van der Waals surface area contributed by atoms with Gasteiger partial charge in [-0.1, -0.05) is 42.5 Å². The molecule has 2 aromatic rings. The second-order valence-electron chi connectivity index (χ2n) is 6.76. The largest absolute Gasteiger partial charge is 0.408 e. The highest BCUT2D eigenvalue weighted by Gasteiger charge is 2.52. The molecule has 32 heavy (non-hydrogen) atoms. The van der Waals surface area contributed by atoms with E-state index in [1.165, 1.54) is 29.6 Å². The molecule has 2 rings (SSSR count). The molecule has 0 bridgehead atoms. The lowest BCUT2D eigenvalue weighted by Gasteiger charge is -2.35. The van der Waals surface area contributed by atoms with Crippen LogP contribution in [-0.4, -0.2) is 38.6 Å². The van der Waals surface area contributed by atoms with E-state index in [4.69, 9.17) is 5.73 Å². The van der Waals surface area contributed by atoms with Crippen molar-refractivity contribution in [3.8, 4) is 0 Å². The molecule has 3 N–H and O–H groups in total. The number of ether oxygens (including phenoxy) is 1. The Morgan fingerprint density at radius 1 is 1.03 bits per heavy atom. The molecule has 1 amide bonds. The van der Waals surface area contributed by atoms with Crippen molar-refractivity contribution < 1.29 is 44.3 Å². The molecule has 0 saturated carbocycles. The SMILES string of the molecule is NC(=O)[C@@](CS(=O)(=O)Cc1ccccc1)(NC(c1ccc(F)cc1)C(F)(F)F)OC(F)F. The fourth-order valence-corrected chi connectivity index (χ4v) is 4.61. The smallest absolute Gasteiger partial charge is 0.366 e. The number of benzene rings is 2. The zero-order valence-electron chi connectivity index (χ0n) is 16.2. The van der Waals surface area contributed by atoms with Gasteiger partial charge in [-0.25, -0.2) is 12.8 Å². The topological polar surface area (TPSA) is 98.5 Å². The number of amides is 1. The van der Waals surface area contributed by atoms with Gasteiger partial charge in [0.25, 0.3) is 5.91 Å². The zero-order chi connectivity index (χ0) is 24.2. The number of alkyl halides is 5. The molecule has 2 aromatic carbocycles. The summed E-state index contributed by atoms with van der Waals surface area (Å²) in [5.41, 5.74) is 1.11. The lowest BCUT2D eigenvalue weighted by atomic mass is 10.0. The molecular weight excluding hydrogens is 466 g/mol. The van der Waals surface area contributed by atoms with Crippen LogP contribution in [0.1, 0.15) is 17.2 Å². The fourth-order valence-electron chi connectivity index (χ4n) is 2.89. The van der Waals surface area contributed by atoms with E-state index in [0.29, 0.717) is 24.3 Å². The Morgan fingerprint density at radius 2 is 1.59 bits per heavy atom. The number of carbonyl (C=O) groups is 1. The number of rotatable bonds is 10. The maximum Gasteiger partial charge on any atom is 0.408 e. The minimum Gasteiger partial charge on any atom is -0.366 e. The summed E-state index contributed by atoms with van der Waals surface area (Å²) in [6.45, 7) is -3.86. The first-order valence-electron chi connectivity index (χ1n) is 8.84. The number of nitrogens with one attached hydrogen (secondary N) is 1. The Hall–Kier alpha value is -2.64. The van der Waals surface area contributed by atoms with E-state index in [2.05, 4.69) is 4.74 Å².